The Morgan fingerprint density at radius 2 is 1.86 bits per heavy atom. The van der Waals surface area contributed by atoms with E-state index in [-0.39, 0.29) is 16.7 Å². The number of aryl methyl sites for hydroxylation is 2. The molecule has 0 unspecified atom stereocenters. The summed E-state index contributed by atoms with van der Waals surface area (Å²) in [5.41, 5.74) is 3.78. The van der Waals surface area contributed by atoms with Crippen molar-refractivity contribution in [2.45, 2.75) is 38.0 Å². The summed E-state index contributed by atoms with van der Waals surface area (Å²) in [7, 11) is -3.62. The van der Waals surface area contributed by atoms with Gasteiger partial charge in [-0.15, -0.1) is 4.40 Å². The Balaban J connectivity index is 1.45. The third kappa shape index (κ3) is 3.67. The minimum absolute atomic E-state index is 0.0371. The molecular formula is C22H25N3O3S. The number of anilines is 1. The summed E-state index contributed by atoms with van der Waals surface area (Å²) in [5, 5.41) is 3.13. The Kier molecular flexibility index (Phi) is 5.17. The van der Waals surface area contributed by atoms with Gasteiger partial charge in [-0.1, -0.05) is 37.3 Å². The van der Waals surface area contributed by atoms with Gasteiger partial charge < -0.3 is 10.2 Å². The van der Waals surface area contributed by atoms with Gasteiger partial charge in [-0.3, -0.25) is 4.79 Å². The smallest absolute Gasteiger partial charge is 0.285 e. The molecule has 29 heavy (non-hydrogen) atoms. The number of para-hydroxylation sites is 1. The summed E-state index contributed by atoms with van der Waals surface area (Å²) in [6, 6.07) is 13.0. The molecule has 1 N–H and O–H groups in total. The molecule has 152 valence electrons. The number of fused-ring (bicyclic) bond motifs is 1. The van der Waals surface area contributed by atoms with E-state index in [0.717, 1.165) is 23.2 Å². The minimum atomic E-state index is -3.62. The second-order valence-electron chi connectivity index (χ2n) is 7.60. The molecule has 1 fully saturated rings. The Hall–Kier alpha value is -2.67. The fraction of sp³-hybridized carbons (Fsp3) is 0.364. The van der Waals surface area contributed by atoms with Gasteiger partial charge in [0.05, 0.1) is 0 Å². The van der Waals surface area contributed by atoms with Crippen LogP contribution in [0.3, 0.4) is 0 Å². The van der Waals surface area contributed by atoms with Crippen molar-refractivity contribution in [1.82, 2.24) is 4.90 Å². The number of rotatable bonds is 3. The molecular weight excluding hydrogens is 386 g/mol. The molecule has 4 rings (SSSR count). The minimum Gasteiger partial charge on any atom is -0.355 e. The molecule has 2 heterocycles. The van der Waals surface area contributed by atoms with Crippen molar-refractivity contribution < 1.29 is 13.2 Å². The van der Waals surface area contributed by atoms with Crippen LogP contribution >= 0.6 is 0 Å². The van der Waals surface area contributed by atoms with Gasteiger partial charge in [0.1, 0.15) is 4.90 Å². The fourth-order valence-electron chi connectivity index (χ4n) is 4.10. The zero-order valence-electron chi connectivity index (χ0n) is 16.7. The molecule has 2 aliphatic heterocycles. The predicted octanol–water partition coefficient (Wildman–Crippen LogP) is 3.36. The second kappa shape index (κ2) is 7.63. The first kappa shape index (κ1) is 19.6. The van der Waals surface area contributed by atoms with Crippen LogP contribution in [0.5, 0.6) is 0 Å². The summed E-state index contributed by atoms with van der Waals surface area (Å²) >= 11 is 0. The number of carbonyl (C=O) groups excluding carboxylic acids is 1. The first-order valence-electron chi connectivity index (χ1n) is 9.99. The number of piperidine rings is 1. The molecule has 0 bridgehead atoms. The lowest BCUT2D eigenvalue weighted by Crippen LogP contribution is -2.41. The highest BCUT2D eigenvalue weighted by molar-refractivity contribution is 7.90. The molecule has 0 aliphatic carbocycles. The maximum absolute atomic E-state index is 12.9. The van der Waals surface area contributed by atoms with Gasteiger partial charge in [0.15, 0.2) is 5.84 Å². The Morgan fingerprint density at radius 1 is 1.14 bits per heavy atom. The standard InChI is InChI=1S/C22H25N3O3S/c1-3-16-8-6-7-15(2)20(16)23-22(26)17-11-13-25(14-12-17)21-18-9-4-5-10-19(18)29(27,28)24-21/h4-10,17H,3,11-14H2,1-2H3,(H,23,26). The number of carbonyl (C=O) groups is 1. The molecule has 0 atom stereocenters. The summed E-state index contributed by atoms with van der Waals surface area (Å²) in [6.07, 6.45) is 2.20. The molecule has 1 amide bonds. The Labute approximate surface area is 171 Å². The van der Waals surface area contributed by atoms with Crippen molar-refractivity contribution in [3.8, 4) is 0 Å². The zero-order valence-corrected chi connectivity index (χ0v) is 17.5. The van der Waals surface area contributed by atoms with E-state index >= 15 is 0 Å². The molecule has 2 aromatic rings. The molecule has 6 nitrogen and oxygen atoms in total. The maximum atomic E-state index is 12.9. The number of amides is 1. The largest absolute Gasteiger partial charge is 0.355 e. The summed E-state index contributed by atoms with van der Waals surface area (Å²) in [6.45, 7) is 5.30. The van der Waals surface area contributed by atoms with Crippen molar-refractivity contribution >= 4 is 27.5 Å². The molecule has 2 aliphatic rings. The van der Waals surface area contributed by atoms with Gasteiger partial charge in [-0.05, 0) is 49.4 Å². The topological polar surface area (TPSA) is 78.8 Å². The van der Waals surface area contributed by atoms with Gasteiger partial charge in [-0.2, -0.15) is 8.42 Å². The normalized spacial score (nSPS) is 18.3. The lowest BCUT2D eigenvalue weighted by molar-refractivity contribution is -0.121. The van der Waals surface area contributed by atoms with Crippen LogP contribution in [0.4, 0.5) is 5.69 Å². The van der Waals surface area contributed by atoms with Gasteiger partial charge in [-0.25, -0.2) is 0 Å². The highest BCUT2D eigenvalue weighted by atomic mass is 32.2. The van der Waals surface area contributed by atoms with Crippen LogP contribution in [0.1, 0.15) is 36.5 Å². The number of likely N-dealkylation sites (tertiary alicyclic amines) is 1. The number of amidine groups is 1. The van der Waals surface area contributed by atoms with Crippen LogP contribution in [0.25, 0.3) is 0 Å². The van der Waals surface area contributed by atoms with Gasteiger partial charge in [0.25, 0.3) is 10.0 Å². The van der Waals surface area contributed by atoms with Crippen LogP contribution in [-0.4, -0.2) is 38.2 Å². The number of sulfonamides is 1. The molecule has 0 radical (unpaired) electrons. The summed E-state index contributed by atoms with van der Waals surface area (Å²) < 4.78 is 28.6. The van der Waals surface area contributed by atoms with E-state index in [1.165, 1.54) is 0 Å². The van der Waals surface area contributed by atoms with Crippen molar-refractivity contribution in [3.05, 3.63) is 59.2 Å². The fourth-order valence-corrected chi connectivity index (χ4v) is 5.32. The van der Waals surface area contributed by atoms with Gasteiger partial charge in [0.2, 0.25) is 5.91 Å². The van der Waals surface area contributed by atoms with Gasteiger partial charge in [0, 0.05) is 30.3 Å². The highest BCUT2D eigenvalue weighted by Crippen LogP contribution is 2.30. The van der Waals surface area contributed by atoms with E-state index in [0.29, 0.717) is 37.3 Å². The molecule has 1 saturated heterocycles. The quantitative estimate of drug-likeness (QED) is 0.840. The number of nitrogens with zero attached hydrogens (tertiary/aromatic N) is 2. The number of hydrogen-bond acceptors (Lipinski definition) is 4. The number of nitrogens with one attached hydrogen (secondary N) is 1. The second-order valence-corrected chi connectivity index (χ2v) is 9.17. The van der Waals surface area contributed by atoms with Crippen molar-refractivity contribution in [1.29, 1.82) is 0 Å². The van der Waals surface area contributed by atoms with E-state index in [9.17, 15) is 13.2 Å². The number of benzene rings is 2. The van der Waals surface area contributed by atoms with Crippen molar-refractivity contribution in [2.75, 3.05) is 18.4 Å². The van der Waals surface area contributed by atoms with E-state index in [1.807, 2.05) is 36.1 Å². The monoisotopic (exact) mass is 411 g/mol. The van der Waals surface area contributed by atoms with E-state index in [1.54, 1.807) is 18.2 Å². The lowest BCUT2D eigenvalue weighted by Gasteiger charge is -2.32. The summed E-state index contributed by atoms with van der Waals surface area (Å²) in [4.78, 5) is 15.1. The SMILES string of the molecule is CCc1cccc(C)c1NC(=O)C1CCN(C2=NS(=O)(=O)c3ccccc32)CC1. The first-order valence-corrected chi connectivity index (χ1v) is 11.4. The average molecular weight is 412 g/mol. The van der Waals surface area contributed by atoms with Crippen LogP contribution in [0.2, 0.25) is 0 Å². The van der Waals surface area contributed by atoms with Crippen molar-refractivity contribution in [2.24, 2.45) is 10.3 Å². The van der Waals surface area contributed by atoms with E-state index in [2.05, 4.69) is 16.6 Å². The molecule has 2 aromatic carbocycles. The molecule has 7 heteroatoms. The third-order valence-corrected chi connectivity index (χ3v) is 7.09. The average Bonchev–Trinajstić information content (AvgIpc) is 3.01. The van der Waals surface area contributed by atoms with E-state index < -0.39 is 10.0 Å². The molecule has 0 saturated carbocycles. The maximum Gasteiger partial charge on any atom is 0.285 e. The Bertz CT molecular complexity index is 1080. The molecule has 0 aromatic heterocycles. The van der Waals surface area contributed by atoms with Crippen LogP contribution in [0, 0.1) is 12.8 Å². The van der Waals surface area contributed by atoms with Crippen molar-refractivity contribution in [3.63, 3.8) is 0 Å². The summed E-state index contributed by atoms with van der Waals surface area (Å²) in [5.74, 6) is 0.450. The van der Waals surface area contributed by atoms with Crippen LogP contribution in [0.15, 0.2) is 51.8 Å². The van der Waals surface area contributed by atoms with Gasteiger partial charge >= 0.3 is 0 Å². The van der Waals surface area contributed by atoms with Crippen LogP contribution in [-0.2, 0) is 21.2 Å². The molecule has 0 spiro atoms. The van der Waals surface area contributed by atoms with Crippen LogP contribution < -0.4 is 5.32 Å². The highest BCUT2D eigenvalue weighted by Gasteiger charge is 2.34. The van der Waals surface area contributed by atoms with E-state index in [4.69, 9.17) is 0 Å². The number of hydrogen-bond donors (Lipinski definition) is 1. The lowest BCUT2D eigenvalue weighted by atomic mass is 9.94. The third-order valence-electron chi connectivity index (χ3n) is 5.77. The zero-order chi connectivity index (χ0) is 20.6. The Morgan fingerprint density at radius 3 is 2.59 bits per heavy atom. The predicted molar refractivity (Wildman–Crippen MR) is 114 cm³/mol. The first-order chi connectivity index (χ1) is 13.9.